The molecule has 0 rings (SSSR count). The Hall–Kier alpha value is -0.850. The molecule has 1 unspecified atom stereocenters. The Labute approximate surface area is 126 Å². The number of allylic oxidation sites excluding steroid dienone is 3. The van der Waals surface area contributed by atoms with Crippen LogP contribution >= 0.6 is 0 Å². The average molecular weight is 278 g/mol. The lowest BCUT2D eigenvalue weighted by molar-refractivity contribution is -0.105. The molecule has 1 heteroatoms. The summed E-state index contributed by atoms with van der Waals surface area (Å²) in [6.45, 7) is 8.30. The van der Waals surface area contributed by atoms with E-state index in [0.29, 0.717) is 5.92 Å². The summed E-state index contributed by atoms with van der Waals surface area (Å²) in [6.07, 6.45) is 18.5. The van der Waals surface area contributed by atoms with Crippen molar-refractivity contribution in [2.24, 2.45) is 5.92 Å². The summed E-state index contributed by atoms with van der Waals surface area (Å²) < 4.78 is 0. The van der Waals surface area contributed by atoms with Gasteiger partial charge in [-0.05, 0) is 37.2 Å². The van der Waals surface area contributed by atoms with Gasteiger partial charge in [0.2, 0.25) is 0 Å². The molecular formula is C19H34O. The first-order valence-electron chi connectivity index (χ1n) is 8.55. The van der Waals surface area contributed by atoms with Gasteiger partial charge in [0.15, 0.2) is 0 Å². The van der Waals surface area contributed by atoms with E-state index in [-0.39, 0.29) is 0 Å². The van der Waals surface area contributed by atoms with Crippen LogP contribution in [0.5, 0.6) is 0 Å². The van der Waals surface area contributed by atoms with Crippen molar-refractivity contribution in [3.8, 4) is 0 Å². The molecule has 20 heavy (non-hydrogen) atoms. The van der Waals surface area contributed by atoms with Crippen LogP contribution in [0.1, 0.15) is 84.5 Å². The van der Waals surface area contributed by atoms with Gasteiger partial charge >= 0.3 is 0 Å². The van der Waals surface area contributed by atoms with E-state index in [9.17, 15) is 4.79 Å². The zero-order chi connectivity index (χ0) is 15.1. The van der Waals surface area contributed by atoms with Gasteiger partial charge in [0.25, 0.3) is 0 Å². The van der Waals surface area contributed by atoms with Crippen LogP contribution in [-0.4, -0.2) is 6.29 Å². The number of aldehydes is 1. The Morgan fingerprint density at radius 3 is 2.20 bits per heavy atom. The largest absolute Gasteiger partial charge is 0.298 e. The van der Waals surface area contributed by atoms with E-state index >= 15 is 0 Å². The van der Waals surface area contributed by atoms with Crippen molar-refractivity contribution in [3.05, 3.63) is 24.3 Å². The molecule has 0 N–H and O–H groups in total. The summed E-state index contributed by atoms with van der Waals surface area (Å²) in [5.74, 6) is 0.510. The molecular weight excluding hydrogens is 244 g/mol. The first-order chi connectivity index (χ1) is 9.78. The predicted molar refractivity (Wildman–Crippen MR) is 90.0 cm³/mol. The van der Waals surface area contributed by atoms with Gasteiger partial charge in [0.05, 0.1) is 0 Å². The number of hydrogen-bond acceptors (Lipinski definition) is 1. The van der Waals surface area contributed by atoms with Crippen LogP contribution < -0.4 is 0 Å². The number of carbonyl (C=O) groups is 1. The van der Waals surface area contributed by atoms with Gasteiger partial charge in [0, 0.05) is 0 Å². The van der Waals surface area contributed by atoms with E-state index in [1.54, 1.807) is 0 Å². The summed E-state index contributed by atoms with van der Waals surface area (Å²) in [6, 6.07) is 0. The van der Waals surface area contributed by atoms with Gasteiger partial charge in [-0.2, -0.15) is 0 Å². The quantitative estimate of drug-likeness (QED) is 0.159. The highest BCUT2D eigenvalue weighted by atomic mass is 16.1. The van der Waals surface area contributed by atoms with Crippen LogP contribution in [0.15, 0.2) is 24.3 Å². The molecule has 0 radical (unpaired) electrons. The number of hydrogen-bond donors (Lipinski definition) is 0. The van der Waals surface area contributed by atoms with Gasteiger partial charge in [0.1, 0.15) is 6.29 Å². The third-order valence-corrected chi connectivity index (χ3v) is 3.82. The molecule has 1 atom stereocenters. The molecule has 0 bridgehead atoms. The summed E-state index contributed by atoms with van der Waals surface area (Å²) >= 11 is 0. The number of carbonyl (C=O) groups excluding carboxylic acids is 1. The van der Waals surface area contributed by atoms with E-state index in [2.05, 4.69) is 26.5 Å². The molecule has 0 aromatic rings. The fourth-order valence-electron chi connectivity index (χ4n) is 2.56. The number of rotatable bonds is 14. The third-order valence-electron chi connectivity index (χ3n) is 3.82. The van der Waals surface area contributed by atoms with E-state index in [4.69, 9.17) is 0 Å². The average Bonchev–Trinajstić information content (AvgIpc) is 2.46. The van der Waals surface area contributed by atoms with Crippen molar-refractivity contribution in [1.82, 2.24) is 0 Å². The Morgan fingerprint density at radius 1 is 1.00 bits per heavy atom. The highest BCUT2D eigenvalue weighted by Gasteiger charge is 2.06. The first kappa shape index (κ1) is 19.1. The van der Waals surface area contributed by atoms with E-state index in [1.165, 1.54) is 51.4 Å². The predicted octanol–water partition coefficient (Wildman–Crippen LogP) is 6.24. The van der Waals surface area contributed by atoms with Crippen molar-refractivity contribution in [2.45, 2.75) is 84.5 Å². The van der Waals surface area contributed by atoms with Crippen molar-refractivity contribution < 1.29 is 4.79 Å². The fraction of sp³-hybridized carbons (Fsp3) is 0.737. The van der Waals surface area contributed by atoms with Crippen LogP contribution in [0.25, 0.3) is 0 Å². The van der Waals surface area contributed by atoms with Crippen LogP contribution in [-0.2, 0) is 4.79 Å². The molecule has 0 aliphatic rings. The van der Waals surface area contributed by atoms with E-state index < -0.39 is 0 Å². The molecule has 1 nitrogen and oxygen atoms in total. The maximum atomic E-state index is 11.2. The second-order valence-corrected chi connectivity index (χ2v) is 5.80. The summed E-state index contributed by atoms with van der Waals surface area (Å²) in [7, 11) is 0. The topological polar surface area (TPSA) is 17.1 Å². The second-order valence-electron chi connectivity index (χ2n) is 5.80. The Kier molecular flexibility index (Phi) is 13.9. The molecule has 0 fully saturated rings. The minimum atomic E-state index is 0.510. The van der Waals surface area contributed by atoms with Crippen LogP contribution in [0.4, 0.5) is 0 Å². The number of unbranched alkanes of at least 4 members (excludes halogenated alkanes) is 6. The zero-order valence-corrected chi connectivity index (χ0v) is 13.7. The summed E-state index contributed by atoms with van der Waals surface area (Å²) in [5.41, 5.74) is 1.00. The zero-order valence-electron chi connectivity index (χ0n) is 13.7. The molecule has 0 saturated heterocycles. The van der Waals surface area contributed by atoms with Crippen molar-refractivity contribution >= 4 is 6.29 Å². The normalized spacial score (nSPS) is 13.2. The second kappa shape index (κ2) is 14.6. The third kappa shape index (κ3) is 11.0. The molecule has 0 aromatic carbocycles. The molecule has 0 aromatic heterocycles. The van der Waals surface area contributed by atoms with E-state index in [0.717, 1.165) is 31.1 Å². The highest BCUT2D eigenvalue weighted by molar-refractivity contribution is 5.73. The SMILES string of the molecule is C=CCC(/C=C(/C=O)CCCCCC)CCCCCC. The van der Waals surface area contributed by atoms with Crippen molar-refractivity contribution in [1.29, 1.82) is 0 Å². The minimum Gasteiger partial charge on any atom is -0.298 e. The summed E-state index contributed by atoms with van der Waals surface area (Å²) in [4.78, 5) is 11.2. The molecule has 0 aliphatic carbocycles. The molecule has 0 amide bonds. The lowest BCUT2D eigenvalue weighted by Crippen LogP contribution is -1.99. The van der Waals surface area contributed by atoms with Gasteiger partial charge in [-0.15, -0.1) is 6.58 Å². The monoisotopic (exact) mass is 278 g/mol. The maximum absolute atomic E-state index is 11.2. The van der Waals surface area contributed by atoms with Gasteiger partial charge in [-0.25, -0.2) is 0 Å². The van der Waals surface area contributed by atoms with Crippen LogP contribution in [0, 0.1) is 5.92 Å². The molecule has 0 aliphatic heterocycles. The molecule has 0 spiro atoms. The lowest BCUT2D eigenvalue weighted by atomic mass is 9.94. The Morgan fingerprint density at radius 2 is 1.65 bits per heavy atom. The lowest BCUT2D eigenvalue weighted by Gasteiger charge is -2.12. The Balaban J connectivity index is 4.20. The van der Waals surface area contributed by atoms with Crippen LogP contribution in [0.2, 0.25) is 0 Å². The minimum absolute atomic E-state index is 0.510. The molecule has 0 heterocycles. The van der Waals surface area contributed by atoms with Crippen LogP contribution in [0.3, 0.4) is 0 Å². The maximum Gasteiger partial charge on any atom is 0.145 e. The van der Waals surface area contributed by atoms with Crippen molar-refractivity contribution in [3.63, 3.8) is 0 Å². The highest BCUT2D eigenvalue weighted by Crippen LogP contribution is 2.20. The smallest absolute Gasteiger partial charge is 0.145 e. The first-order valence-corrected chi connectivity index (χ1v) is 8.55. The molecule has 116 valence electrons. The standard InChI is InChI=1S/C19H34O/c1-4-7-9-11-14-18(13-6-3)16-19(17-20)15-12-10-8-5-2/h6,16-18H,3-5,7-15H2,1-2H3/b19-16+. The van der Waals surface area contributed by atoms with Gasteiger partial charge in [-0.1, -0.05) is 70.9 Å². The Bertz CT molecular complexity index is 265. The summed E-state index contributed by atoms with van der Waals surface area (Å²) in [5, 5.41) is 0. The van der Waals surface area contributed by atoms with Gasteiger partial charge in [-0.3, -0.25) is 4.79 Å². The van der Waals surface area contributed by atoms with E-state index in [1.807, 2.05) is 6.08 Å². The van der Waals surface area contributed by atoms with Crippen molar-refractivity contribution in [2.75, 3.05) is 0 Å². The van der Waals surface area contributed by atoms with Gasteiger partial charge < -0.3 is 0 Å². The fourth-order valence-corrected chi connectivity index (χ4v) is 2.56. The molecule has 0 saturated carbocycles.